The van der Waals surface area contributed by atoms with Crippen molar-refractivity contribution in [2.75, 3.05) is 11.1 Å². The van der Waals surface area contributed by atoms with Crippen LogP contribution in [0.5, 0.6) is 0 Å². The predicted octanol–water partition coefficient (Wildman–Crippen LogP) is 2.67. The lowest BCUT2D eigenvalue weighted by molar-refractivity contribution is -0.115. The number of aryl methyl sites for hydroxylation is 2. The smallest absolute Gasteiger partial charge is 0.256 e. The van der Waals surface area contributed by atoms with E-state index in [1.807, 2.05) is 19.9 Å². The van der Waals surface area contributed by atoms with Crippen LogP contribution in [0.1, 0.15) is 21.7 Å². The molecule has 0 aliphatic rings. The maximum atomic E-state index is 12.5. The fourth-order valence-corrected chi connectivity index (χ4v) is 2.86. The summed E-state index contributed by atoms with van der Waals surface area (Å²) in [6, 6.07) is 8.83. The van der Waals surface area contributed by atoms with E-state index in [1.54, 1.807) is 24.3 Å². The second kappa shape index (κ2) is 6.94. The van der Waals surface area contributed by atoms with Crippen molar-refractivity contribution in [1.82, 2.24) is 9.97 Å². The van der Waals surface area contributed by atoms with Crippen LogP contribution in [0.2, 0.25) is 0 Å². The van der Waals surface area contributed by atoms with Crippen molar-refractivity contribution < 1.29 is 14.0 Å². The number of anilines is 1. The Labute approximate surface area is 148 Å². The SMILES string of the molecule is Cc1oc2nc(SCC(N)=O)nc(NC(=O)c3ccccc3)c2c1C. The normalized spacial score (nSPS) is 10.8. The highest BCUT2D eigenvalue weighted by molar-refractivity contribution is 7.99. The second-order valence-corrected chi connectivity index (χ2v) is 6.34. The van der Waals surface area contributed by atoms with E-state index in [1.165, 1.54) is 0 Å². The van der Waals surface area contributed by atoms with Crippen LogP contribution in [0.4, 0.5) is 5.82 Å². The Morgan fingerprint density at radius 2 is 1.92 bits per heavy atom. The van der Waals surface area contributed by atoms with Crippen LogP contribution in [-0.4, -0.2) is 27.5 Å². The van der Waals surface area contributed by atoms with Crippen molar-refractivity contribution in [3.05, 3.63) is 47.2 Å². The van der Waals surface area contributed by atoms with E-state index < -0.39 is 5.91 Å². The molecule has 0 unspecified atom stereocenters. The van der Waals surface area contributed by atoms with Gasteiger partial charge in [0.05, 0.1) is 11.1 Å². The molecule has 128 valence electrons. The third-order valence-electron chi connectivity index (χ3n) is 3.62. The number of benzene rings is 1. The summed E-state index contributed by atoms with van der Waals surface area (Å²) in [5.41, 5.74) is 6.89. The number of amides is 2. The largest absolute Gasteiger partial charge is 0.443 e. The number of thioether (sulfide) groups is 1. The van der Waals surface area contributed by atoms with E-state index in [2.05, 4.69) is 15.3 Å². The number of rotatable bonds is 5. The molecule has 8 heteroatoms. The maximum Gasteiger partial charge on any atom is 0.256 e. The third kappa shape index (κ3) is 3.63. The molecule has 0 atom stereocenters. The molecule has 0 saturated carbocycles. The minimum Gasteiger partial charge on any atom is -0.443 e. The van der Waals surface area contributed by atoms with Gasteiger partial charge >= 0.3 is 0 Å². The second-order valence-electron chi connectivity index (χ2n) is 5.39. The Morgan fingerprint density at radius 3 is 2.60 bits per heavy atom. The Bertz CT molecular complexity index is 953. The monoisotopic (exact) mass is 356 g/mol. The number of aromatic nitrogens is 2. The van der Waals surface area contributed by atoms with Gasteiger partial charge in [-0.15, -0.1) is 0 Å². The van der Waals surface area contributed by atoms with Crippen molar-refractivity contribution >= 4 is 40.5 Å². The minimum atomic E-state index is -0.477. The molecule has 0 spiro atoms. The summed E-state index contributed by atoms with van der Waals surface area (Å²) in [6.45, 7) is 3.69. The number of nitrogens with two attached hydrogens (primary N) is 1. The number of nitrogens with zero attached hydrogens (tertiary/aromatic N) is 2. The molecule has 0 radical (unpaired) electrons. The number of furan rings is 1. The highest BCUT2D eigenvalue weighted by Crippen LogP contribution is 2.31. The number of hydrogen-bond donors (Lipinski definition) is 2. The summed E-state index contributed by atoms with van der Waals surface area (Å²) in [4.78, 5) is 32.1. The molecule has 2 aromatic heterocycles. The van der Waals surface area contributed by atoms with E-state index in [0.717, 1.165) is 17.3 Å². The average molecular weight is 356 g/mol. The van der Waals surface area contributed by atoms with Crippen LogP contribution in [0, 0.1) is 13.8 Å². The van der Waals surface area contributed by atoms with E-state index in [9.17, 15) is 9.59 Å². The Morgan fingerprint density at radius 1 is 1.20 bits per heavy atom. The van der Waals surface area contributed by atoms with Gasteiger partial charge in [-0.2, -0.15) is 4.98 Å². The van der Waals surface area contributed by atoms with Gasteiger partial charge in [0.1, 0.15) is 11.6 Å². The molecule has 0 fully saturated rings. The molecule has 1 aromatic carbocycles. The first kappa shape index (κ1) is 17.0. The van der Waals surface area contributed by atoms with Crippen molar-refractivity contribution in [3.63, 3.8) is 0 Å². The first-order valence-corrected chi connectivity index (χ1v) is 8.49. The lowest BCUT2D eigenvalue weighted by Gasteiger charge is -2.07. The average Bonchev–Trinajstić information content (AvgIpc) is 2.88. The van der Waals surface area contributed by atoms with Crippen molar-refractivity contribution in [2.45, 2.75) is 19.0 Å². The molecule has 3 aromatic rings. The lowest BCUT2D eigenvalue weighted by atomic mass is 10.2. The molecule has 3 rings (SSSR count). The van der Waals surface area contributed by atoms with Gasteiger partial charge in [-0.05, 0) is 26.0 Å². The molecular formula is C17H16N4O3S. The van der Waals surface area contributed by atoms with E-state index in [0.29, 0.717) is 33.4 Å². The quantitative estimate of drug-likeness (QED) is 0.537. The molecular weight excluding hydrogens is 340 g/mol. The molecule has 0 saturated heterocycles. The van der Waals surface area contributed by atoms with E-state index >= 15 is 0 Å². The maximum absolute atomic E-state index is 12.5. The molecule has 0 aliphatic carbocycles. The molecule has 25 heavy (non-hydrogen) atoms. The van der Waals surface area contributed by atoms with Crippen LogP contribution in [0.15, 0.2) is 39.9 Å². The van der Waals surface area contributed by atoms with Gasteiger partial charge in [-0.1, -0.05) is 30.0 Å². The highest BCUT2D eigenvalue weighted by Gasteiger charge is 2.19. The number of hydrogen-bond acceptors (Lipinski definition) is 6. The third-order valence-corrected chi connectivity index (χ3v) is 4.49. The molecule has 0 bridgehead atoms. The summed E-state index contributed by atoms with van der Waals surface area (Å²) in [7, 11) is 0. The van der Waals surface area contributed by atoms with Crippen molar-refractivity contribution in [2.24, 2.45) is 5.73 Å². The molecule has 7 nitrogen and oxygen atoms in total. The number of fused-ring (bicyclic) bond motifs is 1. The Kier molecular flexibility index (Phi) is 4.71. The van der Waals surface area contributed by atoms with Crippen LogP contribution in [0.25, 0.3) is 11.1 Å². The molecule has 3 N–H and O–H groups in total. The van der Waals surface area contributed by atoms with E-state index in [-0.39, 0.29) is 11.7 Å². The van der Waals surface area contributed by atoms with Gasteiger partial charge in [-0.25, -0.2) is 4.98 Å². The molecule has 2 amide bonds. The van der Waals surface area contributed by atoms with Gasteiger partial charge in [0.25, 0.3) is 5.91 Å². The summed E-state index contributed by atoms with van der Waals surface area (Å²) in [5.74, 6) is 0.313. The Hall–Kier alpha value is -2.87. The lowest BCUT2D eigenvalue weighted by Crippen LogP contribution is -2.15. The summed E-state index contributed by atoms with van der Waals surface area (Å²) < 4.78 is 5.64. The van der Waals surface area contributed by atoms with Gasteiger partial charge < -0.3 is 15.5 Å². The van der Waals surface area contributed by atoms with Gasteiger partial charge in [-0.3, -0.25) is 9.59 Å². The van der Waals surface area contributed by atoms with Crippen molar-refractivity contribution in [1.29, 1.82) is 0 Å². The fraction of sp³-hybridized carbons (Fsp3) is 0.176. The summed E-state index contributed by atoms with van der Waals surface area (Å²) >= 11 is 1.09. The summed E-state index contributed by atoms with van der Waals surface area (Å²) in [5, 5.41) is 3.76. The van der Waals surface area contributed by atoms with Crippen LogP contribution in [0.3, 0.4) is 0 Å². The van der Waals surface area contributed by atoms with Crippen LogP contribution < -0.4 is 11.1 Å². The zero-order chi connectivity index (χ0) is 18.0. The number of primary amides is 1. The van der Waals surface area contributed by atoms with Gasteiger partial charge in [0, 0.05) is 11.1 Å². The standard InChI is InChI=1S/C17H16N4O3S/c1-9-10(2)24-16-13(9)14(20-17(21-16)25-8-12(18)22)19-15(23)11-6-4-3-5-7-11/h3-7H,8H2,1-2H3,(H2,18,22)(H,19,20,21,23). The van der Waals surface area contributed by atoms with Crippen LogP contribution >= 0.6 is 11.8 Å². The number of carbonyl (C=O) groups is 2. The predicted molar refractivity (Wildman–Crippen MR) is 95.6 cm³/mol. The minimum absolute atomic E-state index is 0.0379. The van der Waals surface area contributed by atoms with Gasteiger partial charge in [0.2, 0.25) is 11.6 Å². The van der Waals surface area contributed by atoms with Crippen molar-refractivity contribution in [3.8, 4) is 0 Å². The van der Waals surface area contributed by atoms with E-state index in [4.69, 9.17) is 10.2 Å². The number of carbonyl (C=O) groups excluding carboxylic acids is 2. The first-order valence-electron chi connectivity index (χ1n) is 7.51. The van der Waals surface area contributed by atoms with Gasteiger partial charge in [0.15, 0.2) is 5.16 Å². The fourth-order valence-electron chi connectivity index (χ4n) is 2.29. The molecule has 0 aliphatic heterocycles. The zero-order valence-corrected chi connectivity index (χ0v) is 14.5. The van der Waals surface area contributed by atoms with Crippen LogP contribution in [-0.2, 0) is 4.79 Å². The number of nitrogens with one attached hydrogen (secondary N) is 1. The highest BCUT2D eigenvalue weighted by atomic mass is 32.2. The zero-order valence-electron chi connectivity index (χ0n) is 13.7. The summed E-state index contributed by atoms with van der Waals surface area (Å²) in [6.07, 6.45) is 0. The molecule has 2 heterocycles. The Balaban J connectivity index is 2.01. The first-order chi connectivity index (χ1) is 12.0. The topological polar surface area (TPSA) is 111 Å².